The molecule has 0 atom stereocenters. The van der Waals surface area contributed by atoms with Crippen molar-refractivity contribution in [3.63, 3.8) is 0 Å². The summed E-state index contributed by atoms with van der Waals surface area (Å²) in [6.07, 6.45) is 0. The molecule has 4 rings (SSSR count). The lowest BCUT2D eigenvalue weighted by Gasteiger charge is -1.97. The predicted molar refractivity (Wildman–Crippen MR) is 97.7 cm³/mol. The molecule has 4 aromatic rings. The van der Waals surface area contributed by atoms with E-state index in [9.17, 15) is 4.79 Å². The Morgan fingerprint density at radius 1 is 1.17 bits per heavy atom. The fraction of sp³-hybridized carbons (Fsp3) is 0.0625. The largest absolute Gasteiger partial charge is 0.296 e. The second-order valence-electron chi connectivity index (χ2n) is 4.94. The summed E-state index contributed by atoms with van der Waals surface area (Å²) in [6, 6.07) is 8.02. The highest BCUT2D eigenvalue weighted by Crippen LogP contribution is 2.29. The molecule has 0 aliphatic heterocycles. The number of fused-ring (bicyclic) bond motifs is 1. The van der Waals surface area contributed by atoms with Crippen molar-refractivity contribution in [2.24, 2.45) is 0 Å². The van der Waals surface area contributed by atoms with Gasteiger partial charge in [0, 0.05) is 16.3 Å². The van der Waals surface area contributed by atoms with Crippen LogP contribution in [0.1, 0.15) is 16.1 Å². The number of anilines is 1. The van der Waals surface area contributed by atoms with Crippen molar-refractivity contribution < 1.29 is 4.79 Å². The molecule has 0 aliphatic carbocycles. The van der Waals surface area contributed by atoms with Crippen LogP contribution >= 0.6 is 34.0 Å². The maximum atomic E-state index is 12.4. The molecular formula is C16H11N3OS3. The zero-order valence-corrected chi connectivity index (χ0v) is 14.5. The third kappa shape index (κ3) is 2.78. The molecule has 0 spiro atoms. The van der Waals surface area contributed by atoms with Gasteiger partial charge in [-0.2, -0.15) is 11.3 Å². The highest BCUT2D eigenvalue weighted by atomic mass is 32.1. The van der Waals surface area contributed by atoms with Gasteiger partial charge in [-0.25, -0.2) is 9.97 Å². The summed E-state index contributed by atoms with van der Waals surface area (Å²) in [5, 5.41) is 10.1. The van der Waals surface area contributed by atoms with Crippen LogP contribution in [0.2, 0.25) is 0 Å². The minimum Gasteiger partial charge on any atom is -0.296 e. The Hall–Kier alpha value is -2.09. The molecule has 7 heteroatoms. The van der Waals surface area contributed by atoms with E-state index in [2.05, 4.69) is 15.3 Å². The maximum absolute atomic E-state index is 12.4. The number of aryl methyl sites for hydroxylation is 1. The molecule has 1 aromatic carbocycles. The lowest BCUT2D eigenvalue weighted by atomic mass is 10.2. The third-order valence-corrected chi connectivity index (χ3v) is 5.86. The van der Waals surface area contributed by atoms with Crippen molar-refractivity contribution in [2.45, 2.75) is 6.92 Å². The van der Waals surface area contributed by atoms with E-state index in [4.69, 9.17) is 0 Å². The monoisotopic (exact) mass is 357 g/mol. The van der Waals surface area contributed by atoms with Gasteiger partial charge in [-0.1, -0.05) is 23.5 Å². The van der Waals surface area contributed by atoms with Crippen molar-refractivity contribution in [1.82, 2.24) is 9.97 Å². The standard InChI is InChI=1S/C16H11N3OS3/c1-9-3-2-4-12-13(9)18-16(23-12)19-14(20)11-8-22-15(17-11)10-5-6-21-7-10/h2-8H,1H3,(H,18,19,20). The van der Waals surface area contributed by atoms with Crippen LogP contribution in [0, 0.1) is 6.92 Å². The predicted octanol–water partition coefficient (Wildman–Crippen LogP) is 5.04. The first-order valence-corrected chi connectivity index (χ1v) is 9.50. The average Bonchev–Trinajstić information content (AvgIpc) is 3.27. The Balaban J connectivity index is 1.58. The number of hydrogen-bond acceptors (Lipinski definition) is 6. The van der Waals surface area contributed by atoms with E-state index in [1.807, 2.05) is 41.9 Å². The van der Waals surface area contributed by atoms with Gasteiger partial charge in [0.25, 0.3) is 5.91 Å². The Bertz CT molecular complexity index is 985. The summed E-state index contributed by atoms with van der Waals surface area (Å²) in [5.74, 6) is -0.223. The number of hydrogen-bond donors (Lipinski definition) is 1. The van der Waals surface area contributed by atoms with E-state index < -0.39 is 0 Å². The summed E-state index contributed by atoms with van der Waals surface area (Å²) in [6.45, 7) is 2.02. The summed E-state index contributed by atoms with van der Waals surface area (Å²) in [7, 11) is 0. The van der Waals surface area contributed by atoms with E-state index in [-0.39, 0.29) is 5.91 Å². The van der Waals surface area contributed by atoms with Crippen LogP contribution in [-0.2, 0) is 0 Å². The van der Waals surface area contributed by atoms with Crippen LogP contribution in [0.3, 0.4) is 0 Å². The number of para-hydroxylation sites is 1. The molecule has 114 valence electrons. The number of nitrogens with one attached hydrogen (secondary N) is 1. The van der Waals surface area contributed by atoms with Crippen molar-refractivity contribution >= 4 is 55.3 Å². The molecule has 0 radical (unpaired) electrons. The van der Waals surface area contributed by atoms with E-state index in [0.29, 0.717) is 10.8 Å². The van der Waals surface area contributed by atoms with Crippen LogP contribution in [0.15, 0.2) is 40.4 Å². The molecule has 3 heterocycles. The molecule has 0 saturated carbocycles. The number of carbonyl (C=O) groups is 1. The third-order valence-electron chi connectivity index (χ3n) is 3.35. The first-order chi connectivity index (χ1) is 11.2. The number of nitrogens with zero attached hydrogens (tertiary/aromatic N) is 2. The number of thiophene rings is 1. The zero-order valence-electron chi connectivity index (χ0n) is 12.1. The van der Waals surface area contributed by atoms with Gasteiger partial charge >= 0.3 is 0 Å². The molecule has 1 N–H and O–H groups in total. The lowest BCUT2D eigenvalue weighted by molar-refractivity contribution is 0.102. The topological polar surface area (TPSA) is 54.9 Å². The smallest absolute Gasteiger partial charge is 0.276 e. The van der Waals surface area contributed by atoms with E-state index in [1.165, 1.54) is 22.7 Å². The molecule has 4 nitrogen and oxygen atoms in total. The Morgan fingerprint density at radius 2 is 2.09 bits per heavy atom. The van der Waals surface area contributed by atoms with Crippen molar-refractivity contribution in [3.8, 4) is 10.6 Å². The minimum absolute atomic E-state index is 0.223. The summed E-state index contributed by atoms with van der Waals surface area (Å²) in [4.78, 5) is 21.3. The van der Waals surface area contributed by atoms with Crippen molar-refractivity contribution in [1.29, 1.82) is 0 Å². The lowest BCUT2D eigenvalue weighted by Crippen LogP contribution is -2.11. The first kappa shape index (κ1) is 14.5. The van der Waals surface area contributed by atoms with E-state index in [0.717, 1.165) is 26.4 Å². The van der Waals surface area contributed by atoms with Crippen LogP contribution in [0.5, 0.6) is 0 Å². The normalized spacial score (nSPS) is 11.0. The first-order valence-electron chi connectivity index (χ1n) is 6.86. The van der Waals surface area contributed by atoms with Crippen LogP contribution < -0.4 is 5.32 Å². The highest BCUT2D eigenvalue weighted by Gasteiger charge is 2.14. The maximum Gasteiger partial charge on any atom is 0.276 e. The Kier molecular flexibility index (Phi) is 3.68. The summed E-state index contributed by atoms with van der Waals surface area (Å²) < 4.78 is 1.07. The highest BCUT2D eigenvalue weighted by molar-refractivity contribution is 7.22. The number of aromatic nitrogens is 2. The van der Waals surface area contributed by atoms with E-state index in [1.54, 1.807) is 16.7 Å². The SMILES string of the molecule is Cc1cccc2sc(NC(=O)c3csc(-c4ccsc4)n3)nc12. The van der Waals surface area contributed by atoms with Gasteiger partial charge in [0.1, 0.15) is 10.7 Å². The van der Waals surface area contributed by atoms with Gasteiger partial charge in [-0.3, -0.25) is 10.1 Å². The molecule has 0 saturated heterocycles. The number of thiazole rings is 2. The van der Waals surface area contributed by atoms with Gasteiger partial charge in [0.2, 0.25) is 0 Å². The number of benzene rings is 1. The molecule has 0 bridgehead atoms. The fourth-order valence-corrected chi connectivity index (χ4v) is 4.65. The Labute approximate surface area is 144 Å². The van der Waals surface area contributed by atoms with Gasteiger partial charge in [-0.05, 0) is 30.0 Å². The second kappa shape index (κ2) is 5.84. The summed E-state index contributed by atoms with van der Waals surface area (Å²) >= 11 is 4.56. The van der Waals surface area contributed by atoms with Crippen LogP contribution in [0.25, 0.3) is 20.8 Å². The second-order valence-corrected chi connectivity index (χ2v) is 7.61. The molecular weight excluding hydrogens is 346 g/mol. The van der Waals surface area contributed by atoms with Crippen LogP contribution in [-0.4, -0.2) is 15.9 Å². The average molecular weight is 357 g/mol. The molecule has 0 fully saturated rings. The number of amides is 1. The minimum atomic E-state index is -0.223. The summed E-state index contributed by atoms with van der Waals surface area (Å²) in [5.41, 5.74) is 3.51. The molecule has 1 amide bonds. The van der Waals surface area contributed by atoms with Crippen molar-refractivity contribution in [3.05, 3.63) is 51.7 Å². The molecule has 23 heavy (non-hydrogen) atoms. The number of carbonyl (C=O) groups excluding carboxylic acids is 1. The van der Waals surface area contributed by atoms with E-state index >= 15 is 0 Å². The number of rotatable bonds is 3. The quantitative estimate of drug-likeness (QED) is 0.559. The van der Waals surface area contributed by atoms with Gasteiger partial charge in [0.15, 0.2) is 5.13 Å². The zero-order chi connectivity index (χ0) is 15.8. The van der Waals surface area contributed by atoms with Gasteiger partial charge in [0.05, 0.1) is 10.2 Å². The van der Waals surface area contributed by atoms with Gasteiger partial charge in [-0.15, -0.1) is 11.3 Å². The fourth-order valence-electron chi connectivity index (χ4n) is 2.20. The molecule has 0 unspecified atom stereocenters. The molecule has 3 aromatic heterocycles. The molecule has 0 aliphatic rings. The van der Waals surface area contributed by atoms with Crippen LogP contribution in [0.4, 0.5) is 5.13 Å². The van der Waals surface area contributed by atoms with Gasteiger partial charge < -0.3 is 0 Å². The Morgan fingerprint density at radius 3 is 2.87 bits per heavy atom. The van der Waals surface area contributed by atoms with Crippen molar-refractivity contribution in [2.75, 3.05) is 5.32 Å².